The molecule has 2 aliphatic rings. The van der Waals surface area contributed by atoms with E-state index >= 15 is 0 Å². The summed E-state index contributed by atoms with van der Waals surface area (Å²) in [7, 11) is 2.13. The lowest BCUT2D eigenvalue weighted by molar-refractivity contribution is 0.129. The zero-order chi connectivity index (χ0) is 8.84. The van der Waals surface area contributed by atoms with E-state index in [0.717, 1.165) is 19.0 Å². The summed E-state index contributed by atoms with van der Waals surface area (Å²) < 4.78 is 2.04. The van der Waals surface area contributed by atoms with Crippen LogP contribution in [0.4, 0.5) is 0 Å². The van der Waals surface area contributed by atoms with Gasteiger partial charge in [-0.2, -0.15) is 0 Å². The molecule has 2 heterocycles. The molecule has 70 valence electrons. The van der Waals surface area contributed by atoms with E-state index in [4.69, 9.17) is 0 Å². The molecular formula is C9H14N4. The van der Waals surface area contributed by atoms with Crippen LogP contribution < -0.4 is 0 Å². The van der Waals surface area contributed by atoms with Gasteiger partial charge in [-0.3, -0.25) is 0 Å². The summed E-state index contributed by atoms with van der Waals surface area (Å²) in [6.45, 7) is 2.24. The molecule has 1 aliphatic heterocycles. The number of likely N-dealkylation sites (tertiary alicyclic amines) is 1. The van der Waals surface area contributed by atoms with Gasteiger partial charge in [0, 0.05) is 25.2 Å². The number of hydrogen-bond donors (Lipinski definition) is 0. The van der Waals surface area contributed by atoms with Crippen LogP contribution in [-0.2, 0) is 0 Å². The molecule has 0 bridgehead atoms. The van der Waals surface area contributed by atoms with Gasteiger partial charge in [0.15, 0.2) is 0 Å². The van der Waals surface area contributed by atoms with Crippen LogP contribution in [0.2, 0.25) is 0 Å². The Hall–Kier alpha value is -0.900. The third-order valence-electron chi connectivity index (χ3n) is 2.94. The van der Waals surface area contributed by atoms with Crippen LogP contribution in [0, 0.1) is 0 Å². The van der Waals surface area contributed by atoms with Gasteiger partial charge in [0.25, 0.3) is 0 Å². The predicted octanol–water partition coefficient (Wildman–Crippen LogP) is 0.642. The Morgan fingerprint density at radius 2 is 2.15 bits per heavy atom. The zero-order valence-electron chi connectivity index (χ0n) is 7.85. The summed E-state index contributed by atoms with van der Waals surface area (Å²) >= 11 is 0. The summed E-state index contributed by atoms with van der Waals surface area (Å²) in [5.74, 6) is 0.728. The van der Waals surface area contributed by atoms with Crippen molar-refractivity contribution in [3.63, 3.8) is 0 Å². The first-order chi connectivity index (χ1) is 6.33. The SMILES string of the molecule is CN1CC(n2cc(C3CC3)nn2)C1. The smallest absolute Gasteiger partial charge is 0.0858 e. The molecule has 13 heavy (non-hydrogen) atoms. The monoisotopic (exact) mass is 178 g/mol. The Kier molecular flexibility index (Phi) is 1.47. The molecule has 0 radical (unpaired) electrons. The summed E-state index contributed by atoms with van der Waals surface area (Å²) in [6, 6.07) is 0.574. The van der Waals surface area contributed by atoms with Crippen molar-refractivity contribution in [1.82, 2.24) is 19.9 Å². The van der Waals surface area contributed by atoms with E-state index in [1.54, 1.807) is 0 Å². The Morgan fingerprint density at radius 3 is 2.77 bits per heavy atom. The van der Waals surface area contributed by atoms with Crippen molar-refractivity contribution in [3.05, 3.63) is 11.9 Å². The van der Waals surface area contributed by atoms with Crippen LogP contribution in [0.25, 0.3) is 0 Å². The molecule has 0 unspecified atom stereocenters. The molecule has 0 spiro atoms. The Balaban J connectivity index is 1.74. The summed E-state index contributed by atoms with van der Waals surface area (Å²) in [4.78, 5) is 2.29. The van der Waals surface area contributed by atoms with E-state index in [1.807, 2.05) is 4.68 Å². The molecule has 1 saturated heterocycles. The predicted molar refractivity (Wildman–Crippen MR) is 48.5 cm³/mol. The number of hydrogen-bond acceptors (Lipinski definition) is 3. The fraction of sp³-hybridized carbons (Fsp3) is 0.778. The van der Waals surface area contributed by atoms with E-state index in [0.29, 0.717) is 6.04 Å². The lowest BCUT2D eigenvalue weighted by Gasteiger charge is -2.35. The molecule has 0 aromatic carbocycles. The standard InChI is InChI=1S/C9H14N4/c1-12-4-8(5-12)13-6-9(10-11-13)7-2-3-7/h6-8H,2-5H2,1H3. The summed E-state index contributed by atoms with van der Waals surface area (Å²) in [6.07, 6.45) is 4.75. The maximum absolute atomic E-state index is 4.20. The van der Waals surface area contributed by atoms with Gasteiger partial charge >= 0.3 is 0 Å². The van der Waals surface area contributed by atoms with Crippen molar-refractivity contribution < 1.29 is 0 Å². The molecule has 0 atom stereocenters. The second-order valence-electron chi connectivity index (χ2n) is 4.27. The lowest BCUT2D eigenvalue weighted by atomic mass is 10.1. The van der Waals surface area contributed by atoms with Gasteiger partial charge in [0.2, 0.25) is 0 Å². The normalized spacial score (nSPS) is 24.7. The van der Waals surface area contributed by atoms with Crippen molar-refractivity contribution in [2.24, 2.45) is 0 Å². The molecule has 1 saturated carbocycles. The average molecular weight is 178 g/mol. The van der Waals surface area contributed by atoms with Crippen molar-refractivity contribution in [3.8, 4) is 0 Å². The van der Waals surface area contributed by atoms with Crippen molar-refractivity contribution in [1.29, 1.82) is 0 Å². The van der Waals surface area contributed by atoms with Gasteiger partial charge in [-0.05, 0) is 19.9 Å². The third kappa shape index (κ3) is 1.25. The molecule has 4 heteroatoms. The minimum absolute atomic E-state index is 0.574. The summed E-state index contributed by atoms with van der Waals surface area (Å²) in [5, 5.41) is 8.37. The van der Waals surface area contributed by atoms with E-state index in [9.17, 15) is 0 Å². The first-order valence-corrected chi connectivity index (χ1v) is 4.93. The van der Waals surface area contributed by atoms with Crippen LogP contribution in [0.15, 0.2) is 6.20 Å². The van der Waals surface area contributed by atoms with Crippen molar-refractivity contribution in [2.45, 2.75) is 24.8 Å². The molecule has 0 N–H and O–H groups in total. The van der Waals surface area contributed by atoms with Gasteiger partial charge in [0.1, 0.15) is 0 Å². The van der Waals surface area contributed by atoms with Crippen LogP contribution in [0.1, 0.15) is 30.5 Å². The van der Waals surface area contributed by atoms with E-state index in [-0.39, 0.29) is 0 Å². The molecule has 3 rings (SSSR count). The molecule has 4 nitrogen and oxygen atoms in total. The number of rotatable bonds is 2. The van der Waals surface area contributed by atoms with Crippen LogP contribution >= 0.6 is 0 Å². The second-order valence-corrected chi connectivity index (χ2v) is 4.27. The van der Waals surface area contributed by atoms with Gasteiger partial charge in [-0.25, -0.2) is 4.68 Å². The molecule has 2 fully saturated rings. The highest BCUT2D eigenvalue weighted by Gasteiger charge is 2.30. The molecule has 0 amide bonds. The maximum Gasteiger partial charge on any atom is 0.0858 e. The fourth-order valence-electron chi connectivity index (χ4n) is 1.87. The summed E-state index contributed by atoms with van der Waals surface area (Å²) in [5.41, 5.74) is 1.20. The molecule has 1 aromatic rings. The average Bonchev–Trinajstić information content (AvgIpc) is 2.80. The van der Waals surface area contributed by atoms with Crippen molar-refractivity contribution >= 4 is 0 Å². The highest BCUT2D eigenvalue weighted by atomic mass is 15.5. The first-order valence-electron chi connectivity index (χ1n) is 4.93. The zero-order valence-corrected chi connectivity index (χ0v) is 7.85. The lowest BCUT2D eigenvalue weighted by Crippen LogP contribution is -2.45. The van der Waals surface area contributed by atoms with Gasteiger partial charge in [-0.15, -0.1) is 5.10 Å². The second kappa shape index (κ2) is 2.54. The van der Waals surface area contributed by atoms with Crippen molar-refractivity contribution in [2.75, 3.05) is 20.1 Å². The quantitative estimate of drug-likeness (QED) is 0.666. The van der Waals surface area contributed by atoms with Crippen LogP contribution in [0.5, 0.6) is 0 Å². The van der Waals surface area contributed by atoms with Gasteiger partial charge in [-0.1, -0.05) is 5.21 Å². The first kappa shape index (κ1) is 7.50. The maximum atomic E-state index is 4.20. The van der Waals surface area contributed by atoms with E-state index < -0.39 is 0 Å². The van der Waals surface area contributed by atoms with Crippen LogP contribution in [0.3, 0.4) is 0 Å². The fourth-order valence-corrected chi connectivity index (χ4v) is 1.87. The largest absolute Gasteiger partial charge is 0.302 e. The molecule has 1 aliphatic carbocycles. The number of nitrogens with zero attached hydrogens (tertiary/aromatic N) is 4. The number of likely N-dealkylation sites (N-methyl/N-ethyl adjacent to an activating group) is 1. The Labute approximate surface area is 77.5 Å². The van der Waals surface area contributed by atoms with E-state index in [1.165, 1.54) is 18.5 Å². The minimum atomic E-state index is 0.574. The highest BCUT2D eigenvalue weighted by Crippen LogP contribution is 2.38. The highest BCUT2D eigenvalue weighted by molar-refractivity contribution is 5.09. The third-order valence-corrected chi connectivity index (χ3v) is 2.94. The van der Waals surface area contributed by atoms with Crippen LogP contribution in [-0.4, -0.2) is 40.0 Å². The minimum Gasteiger partial charge on any atom is -0.302 e. The Morgan fingerprint density at radius 1 is 1.38 bits per heavy atom. The number of aromatic nitrogens is 3. The molecule has 1 aromatic heterocycles. The Bertz CT molecular complexity index is 309. The topological polar surface area (TPSA) is 34.0 Å². The van der Waals surface area contributed by atoms with Gasteiger partial charge < -0.3 is 4.90 Å². The van der Waals surface area contributed by atoms with E-state index in [2.05, 4.69) is 28.5 Å². The van der Waals surface area contributed by atoms with Gasteiger partial charge in [0.05, 0.1) is 11.7 Å². The molecular weight excluding hydrogens is 164 g/mol.